The van der Waals surface area contributed by atoms with Crippen LogP contribution in [0, 0.1) is 6.92 Å². The second kappa shape index (κ2) is 8.38. The average Bonchev–Trinajstić information content (AvgIpc) is 2.62. The van der Waals surface area contributed by atoms with Gasteiger partial charge in [0.2, 0.25) is 0 Å². The molecule has 2 heterocycles. The summed E-state index contributed by atoms with van der Waals surface area (Å²) in [6.07, 6.45) is 5.55. The van der Waals surface area contributed by atoms with E-state index in [4.69, 9.17) is 0 Å². The van der Waals surface area contributed by atoms with Gasteiger partial charge >= 0.3 is 0 Å². The summed E-state index contributed by atoms with van der Waals surface area (Å²) in [6.45, 7) is 5.88. The molecule has 0 saturated carbocycles. The number of hydrogen-bond acceptors (Lipinski definition) is 4. The molecule has 1 aliphatic rings. The van der Waals surface area contributed by atoms with Crippen LogP contribution < -0.4 is 5.32 Å². The van der Waals surface area contributed by atoms with Gasteiger partial charge in [-0.25, -0.2) is 0 Å². The molecule has 0 spiro atoms. The molecule has 0 aliphatic carbocycles. The number of pyridine rings is 1. The third-order valence-electron chi connectivity index (χ3n) is 4.77. The van der Waals surface area contributed by atoms with E-state index in [-0.39, 0.29) is 0 Å². The molecule has 2 aromatic rings. The van der Waals surface area contributed by atoms with Crippen LogP contribution >= 0.6 is 0 Å². The maximum Gasteiger partial charge on any atom is 0.0914 e. The topological polar surface area (TPSA) is 48.4 Å². The Bertz CT molecular complexity index is 624. The van der Waals surface area contributed by atoms with Crippen molar-refractivity contribution in [2.24, 2.45) is 0 Å². The molecule has 4 nitrogen and oxygen atoms in total. The van der Waals surface area contributed by atoms with Crippen LogP contribution in [0.1, 0.15) is 35.6 Å². The molecule has 1 aliphatic heterocycles. The minimum atomic E-state index is -0.431. The van der Waals surface area contributed by atoms with Crippen LogP contribution in [0.5, 0.6) is 0 Å². The molecular weight excluding hydrogens is 298 g/mol. The predicted molar refractivity (Wildman–Crippen MR) is 96.7 cm³/mol. The van der Waals surface area contributed by atoms with E-state index in [1.807, 2.05) is 24.5 Å². The highest BCUT2D eigenvalue weighted by molar-refractivity contribution is 5.24. The number of aliphatic hydroxyl groups excluding tert-OH is 1. The van der Waals surface area contributed by atoms with Gasteiger partial charge in [0, 0.05) is 31.5 Å². The second-order valence-corrected chi connectivity index (χ2v) is 6.74. The Morgan fingerprint density at radius 2 is 1.96 bits per heavy atom. The molecule has 2 N–H and O–H groups in total. The van der Waals surface area contributed by atoms with E-state index < -0.39 is 6.10 Å². The molecule has 1 aromatic heterocycles. The number of rotatable bonds is 6. The van der Waals surface area contributed by atoms with Crippen LogP contribution in [0.2, 0.25) is 0 Å². The fourth-order valence-electron chi connectivity index (χ4n) is 3.32. The molecule has 128 valence electrons. The largest absolute Gasteiger partial charge is 0.387 e. The summed E-state index contributed by atoms with van der Waals surface area (Å²) in [5, 5.41) is 13.9. The molecule has 1 fully saturated rings. The number of likely N-dealkylation sites (tertiary alicyclic amines) is 1. The Morgan fingerprint density at radius 3 is 2.67 bits per heavy atom. The van der Waals surface area contributed by atoms with E-state index in [1.54, 1.807) is 0 Å². The van der Waals surface area contributed by atoms with Crippen molar-refractivity contribution in [1.82, 2.24) is 15.2 Å². The third kappa shape index (κ3) is 4.87. The normalized spacial score (nSPS) is 17.8. The monoisotopic (exact) mass is 325 g/mol. The Morgan fingerprint density at radius 1 is 1.21 bits per heavy atom. The number of piperidine rings is 1. The molecule has 1 aromatic carbocycles. The van der Waals surface area contributed by atoms with Gasteiger partial charge < -0.3 is 10.4 Å². The van der Waals surface area contributed by atoms with E-state index in [1.165, 1.54) is 11.1 Å². The predicted octanol–water partition coefficient (Wildman–Crippen LogP) is 2.68. The summed E-state index contributed by atoms with van der Waals surface area (Å²) in [4.78, 5) is 6.56. The van der Waals surface area contributed by atoms with E-state index in [2.05, 4.69) is 46.4 Å². The van der Waals surface area contributed by atoms with Gasteiger partial charge in [0.1, 0.15) is 0 Å². The molecule has 3 rings (SSSR count). The Labute approximate surface area is 144 Å². The Hall–Kier alpha value is -1.75. The van der Waals surface area contributed by atoms with Crippen molar-refractivity contribution in [3.05, 3.63) is 65.5 Å². The minimum Gasteiger partial charge on any atom is -0.387 e. The lowest BCUT2D eigenvalue weighted by atomic mass is 10.0. The first kappa shape index (κ1) is 17.1. The summed E-state index contributed by atoms with van der Waals surface area (Å²) >= 11 is 0. The highest BCUT2D eigenvalue weighted by atomic mass is 16.3. The standard InChI is InChI=1S/C20H27N3O/c1-16-3-2-4-18(13-16)20(24)14-22-19-7-11-23(12-8-19)15-17-5-9-21-10-6-17/h2-6,9-10,13,19-20,22,24H,7-8,11-12,14-15H2,1H3/t20-/m0/s1. The lowest BCUT2D eigenvalue weighted by molar-refractivity contribution is 0.149. The van der Waals surface area contributed by atoms with E-state index in [0.29, 0.717) is 12.6 Å². The zero-order valence-corrected chi connectivity index (χ0v) is 14.4. The molecule has 0 bridgehead atoms. The summed E-state index contributed by atoms with van der Waals surface area (Å²) in [7, 11) is 0. The highest BCUT2D eigenvalue weighted by Gasteiger charge is 2.20. The van der Waals surface area contributed by atoms with Gasteiger partial charge in [0.25, 0.3) is 0 Å². The van der Waals surface area contributed by atoms with Crippen LogP contribution in [0.25, 0.3) is 0 Å². The summed E-state index contributed by atoms with van der Waals surface area (Å²) < 4.78 is 0. The first-order chi connectivity index (χ1) is 11.7. The Balaban J connectivity index is 1.41. The number of hydrogen-bond donors (Lipinski definition) is 2. The van der Waals surface area contributed by atoms with Gasteiger partial charge in [0.15, 0.2) is 0 Å². The number of aliphatic hydroxyl groups is 1. The van der Waals surface area contributed by atoms with Crippen molar-refractivity contribution in [3.8, 4) is 0 Å². The van der Waals surface area contributed by atoms with Crippen LogP contribution in [0.3, 0.4) is 0 Å². The fraction of sp³-hybridized carbons (Fsp3) is 0.450. The maximum atomic E-state index is 10.3. The van der Waals surface area contributed by atoms with Gasteiger partial charge in [0.05, 0.1) is 6.10 Å². The quantitative estimate of drug-likeness (QED) is 0.857. The molecule has 0 radical (unpaired) electrons. The molecular formula is C20H27N3O. The first-order valence-electron chi connectivity index (χ1n) is 8.80. The summed E-state index contributed by atoms with van der Waals surface area (Å²) in [5.41, 5.74) is 3.51. The van der Waals surface area contributed by atoms with Crippen molar-refractivity contribution in [2.75, 3.05) is 19.6 Å². The SMILES string of the molecule is Cc1cccc([C@@H](O)CNC2CCN(Cc3ccncc3)CC2)c1. The van der Waals surface area contributed by atoms with Gasteiger partial charge in [-0.2, -0.15) is 0 Å². The summed E-state index contributed by atoms with van der Waals surface area (Å²) in [6, 6.07) is 12.8. The van der Waals surface area contributed by atoms with Crippen molar-refractivity contribution in [2.45, 2.75) is 38.5 Å². The van der Waals surface area contributed by atoms with E-state index in [0.717, 1.165) is 38.0 Å². The molecule has 0 unspecified atom stereocenters. The van der Waals surface area contributed by atoms with E-state index >= 15 is 0 Å². The molecule has 0 amide bonds. The highest BCUT2D eigenvalue weighted by Crippen LogP contribution is 2.16. The van der Waals surface area contributed by atoms with Crippen LogP contribution in [0.4, 0.5) is 0 Å². The van der Waals surface area contributed by atoms with E-state index in [9.17, 15) is 5.11 Å². The molecule has 1 saturated heterocycles. The molecule has 24 heavy (non-hydrogen) atoms. The number of benzene rings is 1. The van der Waals surface area contributed by atoms with Crippen LogP contribution in [-0.4, -0.2) is 40.7 Å². The van der Waals surface area contributed by atoms with Gasteiger partial charge in [-0.05, 0) is 56.1 Å². The Kier molecular flexibility index (Phi) is 5.96. The van der Waals surface area contributed by atoms with Crippen LogP contribution in [-0.2, 0) is 6.54 Å². The van der Waals surface area contributed by atoms with Crippen molar-refractivity contribution >= 4 is 0 Å². The zero-order chi connectivity index (χ0) is 16.8. The van der Waals surface area contributed by atoms with Gasteiger partial charge in [-0.3, -0.25) is 9.88 Å². The smallest absolute Gasteiger partial charge is 0.0914 e. The fourth-order valence-corrected chi connectivity index (χ4v) is 3.32. The number of aryl methyl sites for hydroxylation is 1. The zero-order valence-electron chi connectivity index (χ0n) is 14.4. The van der Waals surface area contributed by atoms with Crippen LogP contribution in [0.15, 0.2) is 48.8 Å². The first-order valence-corrected chi connectivity index (χ1v) is 8.80. The average molecular weight is 325 g/mol. The summed E-state index contributed by atoms with van der Waals surface area (Å²) in [5.74, 6) is 0. The van der Waals surface area contributed by atoms with Crippen molar-refractivity contribution < 1.29 is 5.11 Å². The maximum absolute atomic E-state index is 10.3. The lowest BCUT2D eigenvalue weighted by Gasteiger charge is -2.33. The number of nitrogens with zero attached hydrogens (tertiary/aromatic N) is 2. The molecule has 1 atom stereocenters. The molecule has 4 heteroatoms. The number of aromatic nitrogens is 1. The lowest BCUT2D eigenvalue weighted by Crippen LogP contribution is -2.43. The third-order valence-corrected chi connectivity index (χ3v) is 4.77. The van der Waals surface area contributed by atoms with Crippen molar-refractivity contribution in [1.29, 1.82) is 0 Å². The minimum absolute atomic E-state index is 0.431. The number of nitrogens with one attached hydrogen (secondary N) is 1. The van der Waals surface area contributed by atoms with Gasteiger partial charge in [-0.15, -0.1) is 0 Å². The van der Waals surface area contributed by atoms with Gasteiger partial charge in [-0.1, -0.05) is 29.8 Å². The second-order valence-electron chi connectivity index (χ2n) is 6.74. The van der Waals surface area contributed by atoms with Crippen molar-refractivity contribution in [3.63, 3.8) is 0 Å².